The fourth-order valence-electron chi connectivity index (χ4n) is 1.19. The van der Waals surface area contributed by atoms with Gasteiger partial charge in [-0.15, -0.1) is 11.3 Å². The van der Waals surface area contributed by atoms with Gasteiger partial charge < -0.3 is 10.5 Å². The van der Waals surface area contributed by atoms with E-state index >= 15 is 0 Å². The summed E-state index contributed by atoms with van der Waals surface area (Å²) in [5, 5.41) is 0.310. The van der Waals surface area contributed by atoms with E-state index in [0.29, 0.717) is 10.8 Å². The molecular weight excluding hydrogens is 200 g/mol. The molecule has 1 aromatic heterocycles. The minimum atomic E-state index is -0.506. The van der Waals surface area contributed by atoms with Crippen LogP contribution < -0.4 is 10.5 Å². The first-order chi connectivity index (χ1) is 6.72. The Morgan fingerprint density at radius 1 is 1.57 bits per heavy atom. The summed E-state index contributed by atoms with van der Waals surface area (Å²) in [5.41, 5.74) is 5.88. The highest BCUT2D eigenvalue weighted by Gasteiger charge is 2.11. The van der Waals surface area contributed by atoms with Crippen molar-refractivity contribution < 1.29 is 9.53 Å². The van der Waals surface area contributed by atoms with Crippen LogP contribution in [-0.2, 0) is 0 Å². The number of ether oxygens (including phenoxy) is 1. The third kappa shape index (κ3) is 1.31. The number of carbonyl (C=O) groups excluding carboxylic acids is 1. The number of thiazole rings is 1. The summed E-state index contributed by atoms with van der Waals surface area (Å²) >= 11 is 1.25. The number of nitrogens with two attached hydrogens (primary N) is 1. The molecule has 0 aliphatic rings. The maximum Gasteiger partial charge on any atom is 0.277 e. The van der Waals surface area contributed by atoms with Crippen molar-refractivity contribution in [3.05, 3.63) is 23.2 Å². The van der Waals surface area contributed by atoms with E-state index in [9.17, 15) is 4.79 Å². The average Bonchev–Trinajstić information content (AvgIpc) is 2.60. The first-order valence-electron chi connectivity index (χ1n) is 3.95. The van der Waals surface area contributed by atoms with Gasteiger partial charge in [0.15, 0.2) is 5.01 Å². The fourth-order valence-corrected chi connectivity index (χ4v) is 2.10. The monoisotopic (exact) mass is 208 g/mol. The molecule has 0 saturated heterocycles. The van der Waals surface area contributed by atoms with Crippen molar-refractivity contribution in [2.24, 2.45) is 5.73 Å². The molecule has 5 heteroatoms. The summed E-state index contributed by atoms with van der Waals surface area (Å²) in [5.74, 6) is 0.209. The Labute approximate surface area is 84.3 Å². The first-order valence-corrected chi connectivity index (χ1v) is 4.77. The van der Waals surface area contributed by atoms with Gasteiger partial charge in [0.25, 0.3) is 5.91 Å². The van der Waals surface area contributed by atoms with Crippen LogP contribution in [0.15, 0.2) is 18.2 Å². The van der Waals surface area contributed by atoms with Crippen LogP contribution in [0.4, 0.5) is 0 Å². The van der Waals surface area contributed by atoms with Crippen LogP contribution in [0, 0.1) is 0 Å². The molecule has 0 bridgehead atoms. The number of amides is 1. The van der Waals surface area contributed by atoms with Gasteiger partial charge in [-0.05, 0) is 12.1 Å². The average molecular weight is 208 g/mol. The number of methoxy groups -OCH3 is 1. The van der Waals surface area contributed by atoms with Gasteiger partial charge >= 0.3 is 0 Å². The molecule has 2 aromatic rings. The zero-order valence-corrected chi connectivity index (χ0v) is 8.30. The lowest BCUT2D eigenvalue weighted by Crippen LogP contribution is -2.09. The van der Waals surface area contributed by atoms with E-state index in [1.807, 2.05) is 18.2 Å². The van der Waals surface area contributed by atoms with Crippen LogP contribution in [0.1, 0.15) is 9.80 Å². The van der Waals surface area contributed by atoms with E-state index in [1.165, 1.54) is 11.3 Å². The number of fused-ring (bicyclic) bond motifs is 1. The molecule has 0 spiro atoms. The predicted molar refractivity (Wildman–Crippen MR) is 54.7 cm³/mol. The molecule has 0 fully saturated rings. The second-order valence-corrected chi connectivity index (χ2v) is 3.69. The van der Waals surface area contributed by atoms with Crippen molar-refractivity contribution in [1.29, 1.82) is 0 Å². The van der Waals surface area contributed by atoms with Crippen LogP contribution in [0.2, 0.25) is 0 Å². The second-order valence-electron chi connectivity index (χ2n) is 2.69. The molecule has 1 heterocycles. The quantitative estimate of drug-likeness (QED) is 0.811. The maximum absolute atomic E-state index is 10.9. The Morgan fingerprint density at radius 2 is 2.36 bits per heavy atom. The summed E-state index contributed by atoms with van der Waals surface area (Å²) in [7, 11) is 1.58. The Bertz CT molecular complexity index is 493. The number of rotatable bonds is 2. The third-order valence-corrected chi connectivity index (χ3v) is 2.91. The number of nitrogens with zero attached hydrogens (tertiary/aromatic N) is 1. The SMILES string of the molecule is COc1cccc2nc(C(N)=O)sc12. The van der Waals surface area contributed by atoms with Crippen LogP contribution in [0.5, 0.6) is 5.75 Å². The molecule has 0 radical (unpaired) electrons. The highest BCUT2D eigenvalue weighted by Crippen LogP contribution is 2.30. The van der Waals surface area contributed by atoms with Crippen LogP contribution in [0.3, 0.4) is 0 Å². The van der Waals surface area contributed by atoms with Gasteiger partial charge in [-0.2, -0.15) is 0 Å². The highest BCUT2D eigenvalue weighted by atomic mass is 32.1. The van der Waals surface area contributed by atoms with Gasteiger partial charge in [0, 0.05) is 0 Å². The van der Waals surface area contributed by atoms with Gasteiger partial charge in [-0.1, -0.05) is 6.07 Å². The van der Waals surface area contributed by atoms with Crippen LogP contribution in [0.25, 0.3) is 10.2 Å². The smallest absolute Gasteiger partial charge is 0.277 e. The van der Waals surface area contributed by atoms with Gasteiger partial charge in [0.1, 0.15) is 5.75 Å². The molecule has 0 aliphatic heterocycles. The lowest BCUT2D eigenvalue weighted by molar-refractivity contribution is 0.1000. The molecule has 0 unspecified atom stereocenters. The van der Waals surface area contributed by atoms with E-state index in [-0.39, 0.29) is 0 Å². The lowest BCUT2D eigenvalue weighted by Gasteiger charge is -1.97. The molecule has 1 amide bonds. The van der Waals surface area contributed by atoms with Crippen molar-refractivity contribution in [1.82, 2.24) is 4.98 Å². The number of aromatic nitrogens is 1. The minimum absolute atomic E-state index is 0.310. The number of benzene rings is 1. The van der Waals surface area contributed by atoms with Crippen molar-refractivity contribution in [2.45, 2.75) is 0 Å². The van der Waals surface area contributed by atoms with Crippen molar-refractivity contribution in [3.63, 3.8) is 0 Å². The molecule has 0 aliphatic carbocycles. The first kappa shape index (κ1) is 8.96. The van der Waals surface area contributed by atoms with Gasteiger partial charge in [-0.25, -0.2) is 4.98 Å². The largest absolute Gasteiger partial charge is 0.495 e. The Hall–Kier alpha value is -1.62. The molecule has 2 N–H and O–H groups in total. The Morgan fingerprint density at radius 3 is 3.00 bits per heavy atom. The standard InChI is InChI=1S/C9H8N2O2S/c1-13-6-4-2-3-5-7(6)14-9(11-5)8(10)12/h2-4H,1H3,(H2,10,12). The summed E-state index contributed by atoms with van der Waals surface area (Å²) in [6.07, 6.45) is 0. The van der Waals surface area contributed by atoms with Crippen molar-refractivity contribution in [2.75, 3.05) is 7.11 Å². The van der Waals surface area contributed by atoms with E-state index < -0.39 is 5.91 Å². The highest BCUT2D eigenvalue weighted by molar-refractivity contribution is 7.20. The van der Waals surface area contributed by atoms with E-state index in [0.717, 1.165) is 10.2 Å². The zero-order valence-electron chi connectivity index (χ0n) is 7.48. The molecular formula is C9H8N2O2S. The van der Waals surface area contributed by atoms with Crippen LogP contribution >= 0.6 is 11.3 Å². The van der Waals surface area contributed by atoms with Gasteiger partial charge in [0.2, 0.25) is 0 Å². The molecule has 0 saturated carbocycles. The summed E-state index contributed by atoms with van der Waals surface area (Å²) < 4.78 is 5.99. The zero-order chi connectivity index (χ0) is 10.1. The number of hydrogen-bond donors (Lipinski definition) is 1. The molecule has 72 valence electrons. The van der Waals surface area contributed by atoms with Crippen LogP contribution in [-0.4, -0.2) is 18.0 Å². The molecule has 2 rings (SSSR count). The third-order valence-electron chi connectivity index (χ3n) is 1.81. The predicted octanol–water partition coefficient (Wildman–Crippen LogP) is 1.40. The Balaban J connectivity index is 2.70. The molecule has 4 nitrogen and oxygen atoms in total. The van der Waals surface area contributed by atoms with E-state index in [2.05, 4.69) is 4.98 Å². The molecule has 14 heavy (non-hydrogen) atoms. The summed E-state index contributed by atoms with van der Waals surface area (Å²) in [4.78, 5) is 15.0. The van der Waals surface area contributed by atoms with Crippen molar-refractivity contribution >= 4 is 27.5 Å². The summed E-state index contributed by atoms with van der Waals surface area (Å²) in [6.45, 7) is 0. The molecule has 1 aromatic carbocycles. The Kier molecular flexibility index (Phi) is 2.09. The lowest BCUT2D eigenvalue weighted by atomic mass is 10.3. The second kappa shape index (κ2) is 3.26. The van der Waals surface area contributed by atoms with E-state index in [1.54, 1.807) is 7.11 Å². The molecule has 0 atom stereocenters. The van der Waals surface area contributed by atoms with Gasteiger partial charge in [-0.3, -0.25) is 4.79 Å². The maximum atomic E-state index is 10.9. The number of primary amides is 1. The fraction of sp³-hybridized carbons (Fsp3) is 0.111. The normalized spacial score (nSPS) is 10.4. The minimum Gasteiger partial charge on any atom is -0.495 e. The van der Waals surface area contributed by atoms with Gasteiger partial charge in [0.05, 0.1) is 17.3 Å². The van der Waals surface area contributed by atoms with E-state index in [4.69, 9.17) is 10.5 Å². The number of hydrogen-bond acceptors (Lipinski definition) is 4. The topological polar surface area (TPSA) is 65.2 Å². The summed E-state index contributed by atoms with van der Waals surface area (Å²) in [6, 6.07) is 5.47. The number of carbonyl (C=O) groups is 1. The van der Waals surface area contributed by atoms with Crippen molar-refractivity contribution in [3.8, 4) is 5.75 Å².